The van der Waals surface area contributed by atoms with Gasteiger partial charge in [0.1, 0.15) is 17.2 Å². The van der Waals surface area contributed by atoms with Crippen LogP contribution in [0.1, 0.15) is 21.8 Å². The molecule has 2 heterocycles. The minimum Gasteiger partial charge on any atom is -0.457 e. The fourth-order valence-corrected chi connectivity index (χ4v) is 2.49. The van der Waals surface area contributed by atoms with E-state index in [9.17, 15) is 18.0 Å². The number of amides is 1. The third-order valence-corrected chi connectivity index (χ3v) is 3.87. The van der Waals surface area contributed by atoms with Gasteiger partial charge in [0.25, 0.3) is 5.91 Å². The molecule has 0 radical (unpaired) electrons. The Bertz CT molecular complexity index is 982. The number of hydrogen-bond acceptors (Lipinski definition) is 3. The lowest BCUT2D eigenvalue weighted by molar-refractivity contribution is -0.137. The van der Waals surface area contributed by atoms with Crippen molar-refractivity contribution in [3.8, 4) is 11.3 Å². The first-order chi connectivity index (χ1) is 12.8. The Kier molecular flexibility index (Phi) is 5.32. The van der Waals surface area contributed by atoms with Crippen molar-refractivity contribution in [1.29, 1.82) is 0 Å². The number of nitrogens with one attached hydrogen (secondary N) is 1. The summed E-state index contributed by atoms with van der Waals surface area (Å²) in [6.45, 7) is 0. The van der Waals surface area contributed by atoms with E-state index in [4.69, 9.17) is 16.0 Å². The minimum atomic E-state index is -4.56. The molecule has 0 aliphatic rings. The molecule has 27 heavy (non-hydrogen) atoms. The Balaban J connectivity index is 1.73. The number of carbonyl (C=O) groups is 1. The molecule has 0 atom stereocenters. The van der Waals surface area contributed by atoms with Crippen LogP contribution in [-0.2, 0) is 6.18 Å². The number of aromatic nitrogens is 1. The fourth-order valence-electron chi connectivity index (χ4n) is 2.26. The molecule has 2 aromatic heterocycles. The lowest BCUT2D eigenvalue weighted by Gasteiger charge is -2.09. The first kappa shape index (κ1) is 18.7. The molecule has 1 aromatic carbocycles. The van der Waals surface area contributed by atoms with E-state index in [1.165, 1.54) is 36.7 Å². The molecular weight excluding hydrogens is 381 g/mol. The van der Waals surface area contributed by atoms with Crippen molar-refractivity contribution in [1.82, 2.24) is 10.3 Å². The molecule has 3 aromatic rings. The fraction of sp³-hybridized carbons (Fsp3) is 0.0526. The highest BCUT2D eigenvalue weighted by molar-refractivity contribution is 6.31. The van der Waals surface area contributed by atoms with Crippen molar-refractivity contribution in [2.75, 3.05) is 0 Å². The SMILES string of the molecule is O=C(NC=Cc1ccc(-c2ccc(Cl)c(C(F)(F)F)c2)o1)c1ccccn1. The van der Waals surface area contributed by atoms with Gasteiger partial charge in [-0.25, -0.2) is 0 Å². The maximum atomic E-state index is 13.0. The molecule has 0 unspecified atom stereocenters. The number of halogens is 4. The van der Waals surface area contributed by atoms with Crippen LogP contribution in [0.3, 0.4) is 0 Å². The molecule has 0 aliphatic carbocycles. The molecule has 8 heteroatoms. The number of hydrogen-bond donors (Lipinski definition) is 1. The van der Waals surface area contributed by atoms with Gasteiger partial charge in [0.15, 0.2) is 0 Å². The second kappa shape index (κ2) is 7.67. The smallest absolute Gasteiger partial charge is 0.417 e. The standard InChI is InChI=1S/C19H12ClF3N2O2/c20-15-6-4-12(11-14(15)19(21,22)23)17-7-5-13(27-17)8-10-25-18(26)16-3-1-2-9-24-16/h1-11H,(H,25,26). The second-order valence-electron chi connectivity index (χ2n) is 5.42. The van der Waals surface area contributed by atoms with E-state index in [2.05, 4.69) is 10.3 Å². The minimum absolute atomic E-state index is 0.240. The van der Waals surface area contributed by atoms with Crippen LogP contribution in [0.25, 0.3) is 17.4 Å². The molecule has 0 bridgehead atoms. The van der Waals surface area contributed by atoms with Gasteiger partial charge >= 0.3 is 6.18 Å². The van der Waals surface area contributed by atoms with E-state index < -0.39 is 17.6 Å². The van der Waals surface area contributed by atoms with Crippen LogP contribution in [0.15, 0.2) is 65.3 Å². The number of nitrogens with zero attached hydrogens (tertiary/aromatic N) is 1. The Labute approximate surface area is 157 Å². The molecule has 4 nitrogen and oxygen atoms in total. The lowest BCUT2D eigenvalue weighted by Crippen LogP contribution is -2.17. The monoisotopic (exact) mass is 392 g/mol. The number of carbonyl (C=O) groups excluding carboxylic acids is 1. The lowest BCUT2D eigenvalue weighted by atomic mass is 10.1. The van der Waals surface area contributed by atoms with Gasteiger partial charge in [-0.2, -0.15) is 13.2 Å². The van der Waals surface area contributed by atoms with E-state index in [0.717, 1.165) is 6.07 Å². The van der Waals surface area contributed by atoms with Crippen LogP contribution in [0.2, 0.25) is 5.02 Å². The molecule has 1 amide bonds. The van der Waals surface area contributed by atoms with Crippen LogP contribution in [0.5, 0.6) is 0 Å². The Morgan fingerprint density at radius 3 is 2.67 bits per heavy atom. The summed E-state index contributed by atoms with van der Waals surface area (Å²) in [6, 6.07) is 11.6. The van der Waals surface area contributed by atoms with Gasteiger partial charge in [-0.05, 0) is 48.5 Å². The normalized spacial score (nSPS) is 11.7. The summed E-state index contributed by atoms with van der Waals surface area (Å²) < 4.78 is 44.4. The molecule has 138 valence electrons. The van der Waals surface area contributed by atoms with Crippen molar-refractivity contribution >= 4 is 23.6 Å². The van der Waals surface area contributed by atoms with E-state index in [-0.39, 0.29) is 22.0 Å². The molecule has 0 saturated carbocycles. The summed E-state index contributed by atoms with van der Waals surface area (Å²) in [6.07, 6.45) is -0.218. The maximum Gasteiger partial charge on any atom is 0.417 e. The van der Waals surface area contributed by atoms with Crippen LogP contribution < -0.4 is 5.32 Å². The molecule has 1 N–H and O–H groups in total. The van der Waals surface area contributed by atoms with E-state index >= 15 is 0 Å². The molecule has 0 fully saturated rings. The van der Waals surface area contributed by atoms with Crippen LogP contribution in [0, 0.1) is 0 Å². The van der Waals surface area contributed by atoms with Gasteiger partial charge in [-0.15, -0.1) is 0 Å². The number of benzene rings is 1. The summed E-state index contributed by atoms with van der Waals surface area (Å²) in [7, 11) is 0. The molecule has 0 saturated heterocycles. The van der Waals surface area contributed by atoms with Crippen LogP contribution in [-0.4, -0.2) is 10.9 Å². The van der Waals surface area contributed by atoms with Gasteiger partial charge in [0.05, 0.1) is 10.6 Å². The van der Waals surface area contributed by atoms with Crippen molar-refractivity contribution < 1.29 is 22.4 Å². The summed E-state index contributed by atoms with van der Waals surface area (Å²) in [5.74, 6) is 0.203. The zero-order valence-electron chi connectivity index (χ0n) is 13.6. The van der Waals surface area contributed by atoms with Crippen molar-refractivity contribution in [2.45, 2.75) is 6.18 Å². The third-order valence-electron chi connectivity index (χ3n) is 3.54. The zero-order valence-corrected chi connectivity index (χ0v) is 14.4. The summed E-state index contributed by atoms with van der Waals surface area (Å²) in [5.41, 5.74) is -0.440. The topological polar surface area (TPSA) is 55.1 Å². The third kappa shape index (κ3) is 4.57. The van der Waals surface area contributed by atoms with E-state index in [1.54, 1.807) is 24.3 Å². The van der Waals surface area contributed by atoms with Gasteiger partial charge in [0, 0.05) is 18.0 Å². The summed E-state index contributed by atoms with van der Waals surface area (Å²) in [4.78, 5) is 15.8. The largest absolute Gasteiger partial charge is 0.457 e. The highest BCUT2D eigenvalue weighted by atomic mass is 35.5. The average molecular weight is 393 g/mol. The highest BCUT2D eigenvalue weighted by Crippen LogP contribution is 2.37. The van der Waals surface area contributed by atoms with Crippen molar-refractivity contribution in [3.63, 3.8) is 0 Å². The molecule has 0 aliphatic heterocycles. The van der Waals surface area contributed by atoms with Gasteiger partial charge in [-0.1, -0.05) is 17.7 Å². The number of pyridine rings is 1. The number of rotatable bonds is 4. The average Bonchev–Trinajstić information content (AvgIpc) is 3.10. The van der Waals surface area contributed by atoms with Crippen molar-refractivity contribution in [3.05, 3.63) is 83.0 Å². The Hall–Kier alpha value is -3.06. The second-order valence-corrected chi connectivity index (χ2v) is 5.82. The summed E-state index contributed by atoms with van der Waals surface area (Å²) >= 11 is 5.62. The molecule has 3 rings (SSSR count). The summed E-state index contributed by atoms with van der Waals surface area (Å²) in [5, 5.41) is 2.15. The predicted molar refractivity (Wildman–Crippen MR) is 94.9 cm³/mol. The first-order valence-electron chi connectivity index (χ1n) is 7.70. The molecule has 0 spiro atoms. The number of alkyl halides is 3. The maximum absolute atomic E-state index is 13.0. The predicted octanol–water partition coefficient (Wildman–Crippen LogP) is 5.41. The van der Waals surface area contributed by atoms with E-state index in [0.29, 0.717) is 5.76 Å². The first-order valence-corrected chi connectivity index (χ1v) is 8.08. The van der Waals surface area contributed by atoms with Gasteiger partial charge in [0.2, 0.25) is 0 Å². The van der Waals surface area contributed by atoms with E-state index in [1.807, 2.05) is 0 Å². The van der Waals surface area contributed by atoms with Crippen molar-refractivity contribution in [2.24, 2.45) is 0 Å². The van der Waals surface area contributed by atoms with Gasteiger partial charge < -0.3 is 9.73 Å². The number of furan rings is 1. The van der Waals surface area contributed by atoms with Crippen LogP contribution in [0.4, 0.5) is 13.2 Å². The quantitative estimate of drug-likeness (QED) is 0.645. The zero-order chi connectivity index (χ0) is 19.4. The molecular formula is C19H12ClF3N2O2. The highest BCUT2D eigenvalue weighted by Gasteiger charge is 2.33. The Morgan fingerprint density at radius 2 is 1.96 bits per heavy atom. The van der Waals surface area contributed by atoms with Crippen LogP contribution >= 0.6 is 11.6 Å². The van der Waals surface area contributed by atoms with Gasteiger partial charge in [-0.3, -0.25) is 9.78 Å². The Morgan fingerprint density at radius 1 is 1.15 bits per heavy atom.